The second-order valence-corrected chi connectivity index (χ2v) is 5.67. The molecule has 2 amide bonds. The Balaban J connectivity index is 1.84. The minimum atomic E-state index is -0.179. The van der Waals surface area contributed by atoms with E-state index < -0.39 is 0 Å². The van der Waals surface area contributed by atoms with Crippen LogP contribution in [0.3, 0.4) is 0 Å². The minimum Gasteiger partial charge on any atom is -0.356 e. The first-order valence-corrected chi connectivity index (χ1v) is 8.14. The predicted octanol–water partition coefficient (Wildman–Crippen LogP) is 2.85. The van der Waals surface area contributed by atoms with E-state index in [0.717, 1.165) is 12.1 Å². The van der Waals surface area contributed by atoms with Crippen molar-refractivity contribution in [2.24, 2.45) is 0 Å². The molecule has 1 aromatic heterocycles. The van der Waals surface area contributed by atoms with E-state index in [9.17, 15) is 9.59 Å². The molecule has 22 heavy (non-hydrogen) atoms. The van der Waals surface area contributed by atoms with Gasteiger partial charge in [0.1, 0.15) is 0 Å². The fourth-order valence-corrected chi connectivity index (χ4v) is 2.57. The molecule has 0 fully saturated rings. The summed E-state index contributed by atoms with van der Waals surface area (Å²) in [4.78, 5) is 27.9. The van der Waals surface area contributed by atoms with E-state index in [2.05, 4.69) is 15.6 Å². The molecule has 0 aliphatic heterocycles. The standard InChI is InChI=1S/C16H19N3O2S/c1-2-10-17-14(20)9-8-13-11-22-16(18-13)19-15(21)12-6-4-3-5-7-12/h3-7,11H,2,8-10H2,1H3,(H,17,20)(H,18,19,21). The van der Waals surface area contributed by atoms with Crippen molar-refractivity contribution in [3.8, 4) is 0 Å². The van der Waals surface area contributed by atoms with Gasteiger partial charge in [-0.1, -0.05) is 25.1 Å². The Morgan fingerprint density at radius 2 is 2.00 bits per heavy atom. The summed E-state index contributed by atoms with van der Waals surface area (Å²) in [6.45, 7) is 2.72. The summed E-state index contributed by atoms with van der Waals surface area (Å²) in [5.41, 5.74) is 1.42. The number of carbonyl (C=O) groups is 2. The molecule has 1 aromatic carbocycles. The third kappa shape index (κ3) is 4.96. The zero-order valence-corrected chi connectivity index (χ0v) is 13.3. The van der Waals surface area contributed by atoms with E-state index in [1.54, 1.807) is 12.1 Å². The first-order valence-electron chi connectivity index (χ1n) is 7.26. The second-order valence-electron chi connectivity index (χ2n) is 4.81. The van der Waals surface area contributed by atoms with E-state index >= 15 is 0 Å². The Bertz CT molecular complexity index is 625. The van der Waals surface area contributed by atoms with Gasteiger partial charge in [-0.3, -0.25) is 14.9 Å². The van der Waals surface area contributed by atoms with Crippen LogP contribution in [-0.4, -0.2) is 23.3 Å². The van der Waals surface area contributed by atoms with Crippen molar-refractivity contribution in [1.82, 2.24) is 10.3 Å². The zero-order chi connectivity index (χ0) is 15.8. The Morgan fingerprint density at radius 1 is 1.23 bits per heavy atom. The molecule has 0 saturated heterocycles. The summed E-state index contributed by atoms with van der Waals surface area (Å²) in [5, 5.41) is 8.02. The highest BCUT2D eigenvalue weighted by atomic mass is 32.1. The van der Waals surface area contributed by atoms with Gasteiger partial charge in [0.05, 0.1) is 5.69 Å². The number of nitrogens with one attached hydrogen (secondary N) is 2. The fourth-order valence-electron chi connectivity index (χ4n) is 1.83. The first kappa shape index (κ1) is 16.2. The summed E-state index contributed by atoms with van der Waals surface area (Å²) in [5.74, 6) is -0.146. The molecule has 2 aromatic rings. The van der Waals surface area contributed by atoms with Crippen LogP contribution < -0.4 is 10.6 Å². The number of anilines is 1. The molecule has 0 unspecified atom stereocenters. The monoisotopic (exact) mass is 317 g/mol. The number of rotatable bonds is 7. The van der Waals surface area contributed by atoms with Gasteiger partial charge < -0.3 is 5.32 Å². The summed E-state index contributed by atoms with van der Waals surface area (Å²) < 4.78 is 0. The van der Waals surface area contributed by atoms with Crippen LogP contribution in [0, 0.1) is 0 Å². The van der Waals surface area contributed by atoms with Gasteiger partial charge in [-0.15, -0.1) is 11.3 Å². The highest BCUT2D eigenvalue weighted by molar-refractivity contribution is 7.13. The van der Waals surface area contributed by atoms with Gasteiger partial charge in [0, 0.05) is 23.9 Å². The van der Waals surface area contributed by atoms with Crippen LogP contribution in [0.15, 0.2) is 35.7 Å². The number of thiazole rings is 1. The quantitative estimate of drug-likeness (QED) is 0.825. The highest BCUT2D eigenvalue weighted by Gasteiger charge is 2.09. The van der Waals surface area contributed by atoms with Crippen LogP contribution in [0.4, 0.5) is 5.13 Å². The molecule has 0 bridgehead atoms. The normalized spacial score (nSPS) is 10.2. The van der Waals surface area contributed by atoms with E-state index in [4.69, 9.17) is 0 Å². The molecule has 1 heterocycles. The Kier molecular flexibility index (Phi) is 6.09. The zero-order valence-electron chi connectivity index (χ0n) is 12.5. The van der Waals surface area contributed by atoms with Gasteiger partial charge in [0.15, 0.2) is 5.13 Å². The second kappa shape index (κ2) is 8.29. The lowest BCUT2D eigenvalue weighted by atomic mass is 10.2. The molecule has 0 spiro atoms. The molecule has 0 atom stereocenters. The Morgan fingerprint density at radius 3 is 2.73 bits per heavy atom. The van der Waals surface area contributed by atoms with Crippen molar-refractivity contribution in [3.05, 3.63) is 47.0 Å². The van der Waals surface area contributed by atoms with Crippen molar-refractivity contribution >= 4 is 28.3 Å². The number of amides is 2. The molecule has 5 nitrogen and oxygen atoms in total. The van der Waals surface area contributed by atoms with Crippen LogP contribution in [0.5, 0.6) is 0 Å². The van der Waals surface area contributed by atoms with Gasteiger partial charge in [-0.05, 0) is 25.0 Å². The fraction of sp³-hybridized carbons (Fsp3) is 0.312. The third-order valence-corrected chi connectivity index (χ3v) is 3.80. The average Bonchev–Trinajstić information content (AvgIpc) is 2.99. The largest absolute Gasteiger partial charge is 0.356 e. The number of hydrogen-bond acceptors (Lipinski definition) is 4. The summed E-state index contributed by atoms with van der Waals surface area (Å²) in [6.07, 6.45) is 1.92. The van der Waals surface area contributed by atoms with Gasteiger partial charge in [0.2, 0.25) is 5.91 Å². The maximum atomic E-state index is 12.0. The van der Waals surface area contributed by atoms with E-state index in [0.29, 0.717) is 30.1 Å². The molecule has 0 aliphatic carbocycles. The Hall–Kier alpha value is -2.21. The predicted molar refractivity (Wildman–Crippen MR) is 88.1 cm³/mol. The van der Waals surface area contributed by atoms with Crippen LogP contribution >= 0.6 is 11.3 Å². The van der Waals surface area contributed by atoms with Crippen molar-refractivity contribution in [3.63, 3.8) is 0 Å². The topological polar surface area (TPSA) is 71.1 Å². The van der Waals surface area contributed by atoms with Crippen molar-refractivity contribution < 1.29 is 9.59 Å². The maximum Gasteiger partial charge on any atom is 0.257 e. The van der Waals surface area contributed by atoms with E-state index in [1.807, 2.05) is 30.5 Å². The van der Waals surface area contributed by atoms with Crippen LogP contribution in [0.2, 0.25) is 0 Å². The lowest BCUT2D eigenvalue weighted by Crippen LogP contribution is -2.24. The number of nitrogens with zero attached hydrogens (tertiary/aromatic N) is 1. The van der Waals surface area contributed by atoms with Crippen LogP contribution in [0.1, 0.15) is 35.8 Å². The number of aromatic nitrogens is 1. The number of benzene rings is 1. The van der Waals surface area contributed by atoms with Gasteiger partial charge in [0.25, 0.3) is 5.91 Å². The average molecular weight is 317 g/mol. The van der Waals surface area contributed by atoms with Gasteiger partial charge in [-0.2, -0.15) is 0 Å². The molecule has 0 aliphatic rings. The minimum absolute atomic E-state index is 0.0321. The van der Waals surface area contributed by atoms with Crippen molar-refractivity contribution in [2.75, 3.05) is 11.9 Å². The highest BCUT2D eigenvalue weighted by Crippen LogP contribution is 2.17. The van der Waals surface area contributed by atoms with E-state index in [-0.39, 0.29) is 11.8 Å². The summed E-state index contributed by atoms with van der Waals surface area (Å²) in [7, 11) is 0. The van der Waals surface area contributed by atoms with E-state index in [1.165, 1.54) is 11.3 Å². The lowest BCUT2D eigenvalue weighted by molar-refractivity contribution is -0.121. The van der Waals surface area contributed by atoms with Crippen molar-refractivity contribution in [2.45, 2.75) is 26.2 Å². The molecule has 6 heteroatoms. The van der Waals surface area contributed by atoms with Crippen molar-refractivity contribution in [1.29, 1.82) is 0 Å². The molecular formula is C16H19N3O2S. The SMILES string of the molecule is CCCNC(=O)CCc1csc(NC(=O)c2ccccc2)n1. The van der Waals surface area contributed by atoms with Crippen LogP contribution in [0.25, 0.3) is 0 Å². The molecule has 2 rings (SSSR count). The first-order chi connectivity index (χ1) is 10.7. The molecule has 0 radical (unpaired) electrons. The molecule has 2 N–H and O–H groups in total. The summed E-state index contributed by atoms with van der Waals surface area (Å²) in [6, 6.07) is 9.00. The molecular weight excluding hydrogens is 298 g/mol. The Labute approximate surface area is 133 Å². The van der Waals surface area contributed by atoms with Gasteiger partial charge >= 0.3 is 0 Å². The number of aryl methyl sites for hydroxylation is 1. The smallest absolute Gasteiger partial charge is 0.257 e. The van der Waals surface area contributed by atoms with Gasteiger partial charge in [-0.25, -0.2) is 4.98 Å². The summed E-state index contributed by atoms with van der Waals surface area (Å²) >= 11 is 1.37. The number of hydrogen-bond donors (Lipinski definition) is 2. The lowest BCUT2D eigenvalue weighted by Gasteiger charge is -2.02. The third-order valence-electron chi connectivity index (χ3n) is 2.99. The number of carbonyl (C=O) groups excluding carboxylic acids is 2. The van der Waals surface area contributed by atoms with Crippen LogP contribution in [-0.2, 0) is 11.2 Å². The maximum absolute atomic E-state index is 12.0. The molecule has 116 valence electrons. The molecule has 0 saturated carbocycles.